The number of halogens is 5. The van der Waals surface area contributed by atoms with Gasteiger partial charge in [-0.05, 0) is 0 Å². The van der Waals surface area contributed by atoms with Crippen molar-refractivity contribution in [3.8, 4) is 0 Å². The lowest BCUT2D eigenvalue weighted by Crippen LogP contribution is -2.04. The van der Waals surface area contributed by atoms with Crippen LogP contribution in [0.4, 0.5) is 4.39 Å². The monoisotopic (exact) mass is 374 g/mol. The Kier molecular flexibility index (Phi) is 4.78. The zero-order valence-electron chi connectivity index (χ0n) is 3.67. The summed E-state index contributed by atoms with van der Waals surface area (Å²) in [6, 6.07) is 0. The van der Waals surface area contributed by atoms with Crippen LogP contribution in [0, 0.1) is 0 Å². The number of hydrogen-bond donors (Lipinski definition) is 0. The van der Waals surface area contributed by atoms with Gasteiger partial charge in [0, 0.05) is 6.42 Å². The summed E-state index contributed by atoms with van der Waals surface area (Å²) >= 11 is 12.2. The van der Waals surface area contributed by atoms with Crippen LogP contribution in [0.2, 0.25) is 0 Å². The highest BCUT2D eigenvalue weighted by Crippen LogP contribution is 2.39. The van der Waals surface area contributed by atoms with Gasteiger partial charge in [-0.3, -0.25) is 0 Å². The van der Waals surface area contributed by atoms with Gasteiger partial charge in [0.25, 0.3) is 0 Å². The summed E-state index contributed by atoms with van der Waals surface area (Å²) in [5.41, 5.74) is 0. The molecule has 0 amide bonds. The summed E-state index contributed by atoms with van der Waals surface area (Å²) in [4.78, 5) is 0. The maximum absolute atomic E-state index is 12.0. The second kappa shape index (κ2) is 3.88. The Labute approximate surface area is 81.1 Å². The van der Waals surface area contributed by atoms with Crippen molar-refractivity contribution in [2.24, 2.45) is 0 Å². The number of rotatable bonds is 1. The summed E-state index contributed by atoms with van der Waals surface area (Å²) in [7, 11) is 0. The molecule has 0 rings (SSSR count). The van der Waals surface area contributed by atoms with Gasteiger partial charge in [-0.2, -0.15) is 0 Å². The van der Waals surface area contributed by atoms with E-state index in [1.165, 1.54) is 0 Å². The molecule has 0 aromatic rings. The predicted octanol–water partition coefficient (Wildman–Crippen LogP) is 3.91. The van der Waals surface area contributed by atoms with Gasteiger partial charge in [0.05, 0.1) is 0 Å². The fourth-order valence-electron chi connectivity index (χ4n) is 0.175. The number of hydrogen-bond acceptors (Lipinski definition) is 0. The minimum absolute atomic E-state index is 0.326. The largest absolute Gasteiger partial charge is 0.235 e. The van der Waals surface area contributed by atoms with Gasteiger partial charge in [0.1, 0.15) is 2.14 Å². The maximum Gasteiger partial charge on any atom is 0.157 e. The van der Waals surface area contributed by atoms with Crippen LogP contribution in [0.15, 0.2) is 0 Å². The smallest absolute Gasteiger partial charge is 0.157 e. The third-order valence-electron chi connectivity index (χ3n) is 0.386. The minimum Gasteiger partial charge on any atom is -0.235 e. The normalized spacial score (nSPS) is 16.1. The van der Waals surface area contributed by atoms with Crippen molar-refractivity contribution >= 4 is 63.7 Å². The van der Waals surface area contributed by atoms with E-state index in [1.54, 1.807) is 0 Å². The number of alkyl halides is 5. The summed E-state index contributed by atoms with van der Waals surface area (Å²) in [5, 5.41) is -0.986. The van der Waals surface area contributed by atoms with Crippen molar-refractivity contribution in [2.45, 2.75) is 13.6 Å². The lowest BCUT2D eigenvalue weighted by molar-refractivity contribution is 0.448. The van der Waals surface area contributed by atoms with Crippen LogP contribution in [-0.2, 0) is 0 Å². The molecule has 0 heterocycles. The van der Waals surface area contributed by atoms with E-state index < -0.39 is 7.22 Å². The Balaban J connectivity index is 3.39. The fourth-order valence-corrected chi connectivity index (χ4v) is 2.82. The van der Waals surface area contributed by atoms with Crippen molar-refractivity contribution < 1.29 is 4.39 Å². The first-order chi connectivity index (χ1) is 3.42. The molecule has 50 valence electrons. The van der Waals surface area contributed by atoms with Crippen molar-refractivity contribution in [1.82, 2.24) is 0 Å². The maximum atomic E-state index is 12.0. The zero-order valence-corrected chi connectivity index (χ0v) is 10.0. The fraction of sp³-hybridized carbons (Fsp3) is 1.00. The molecule has 0 saturated carbocycles. The average Bonchev–Trinajstić information content (AvgIpc) is 1.21. The molecule has 0 spiro atoms. The molecule has 0 aromatic heterocycles. The molecule has 0 N–H and O–H groups in total. The molecule has 1 unspecified atom stereocenters. The molecule has 8 heavy (non-hydrogen) atoms. The van der Waals surface area contributed by atoms with Crippen LogP contribution in [0.5, 0.6) is 0 Å². The second-order valence-electron chi connectivity index (χ2n) is 1.21. The van der Waals surface area contributed by atoms with Crippen LogP contribution in [0.3, 0.4) is 0 Å². The van der Waals surface area contributed by atoms with Gasteiger partial charge >= 0.3 is 0 Å². The molecule has 0 aliphatic heterocycles. The highest BCUT2D eigenvalue weighted by molar-refractivity contribution is 9.39. The Morgan fingerprint density at radius 1 is 1.38 bits per heavy atom. The first-order valence-electron chi connectivity index (χ1n) is 1.77. The molecule has 0 nitrogen and oxygen atoms in total. The molecule has 5 heteroatoms. The van der Waals surface area contributed by atoms with E-state index in [0.29, 0.717) is 6.42 Å². The molecule has 0 fully saturated rings. The predicted molar refractivity (Wildman–Crippen MR) is 48.0 cm³/mol. The molecule has 1 atom stereocenters. The van der Waals surface area contributed by atoms with Gasteiger partial charge < -0.3 is 0 Å². The Morgan fingerprint density at radius 3 is 1.75 bits per heavy atom. The highest BCUT2D eigenvalue weighted by Gasteiger charge is 2.21. The van der Waals surface area contributed by atoms with Crippen LogP contribution < -0.4 is 0 Å². The SMILES string of the molecule is FC(Br)CC(Br)(Br)Br. The molecule has 0 bridgehead atoms. The third kappa shape index (κ3) is 7.85. The Bertz CT molecular complexity index is 66.2. The first-order valence-corrected chi connectivity index (χ1v) is 5.06. The van der Waals surface area contributed by atoms with Gasteiger partial charge in [0.15, 0.2) is 5.08 Å². The Hall–Kier alpha value is 1.85. The molecule has 0 saturated heterocycles. The van der Waals surface area contributed by atoms with E-state index >= 15 is 0 Å². The summed E-state index contributed by atoms with van der Waals surface area (Å²) in [6.45, 7) is 0. The van der Waals surface area contributed by atoms with Crippen LogP contribution in [0.25, 0.3) is 0 Å². The Morgan fingerprint density at radius 2 is 1.75 bits per heavy atom. The van der Waals surface area contributed by atoms with Crippen molar-refractivity contribution in [3.63, 3.8) is 0 Å². The van der Waals surface area contributed by atoms with Crippen molar-refractivity contribution in [1.29, 1.82) is 0 Å². The highest BCUT2D eigenvalue weighted by atomic mass is 80.0. The lowest BCUT2D eigenvalue weighted by Gasteiger charge is -2.10. The van der Waals surface area contributed by atoms with Crippen LogP contribution in [0.1, 0.15) is 6.42 Å². The molecule has 0 aliphatic carbocycles. The van der Waals surface area contributed by atoms with E-state index in [4.69, 9.17) is 0 Å². The van der Waals surface area contributed by atoms with Crippen molar-refractivity contribution in [3.05, 3.63) is 0 Å². The molecule has 0 aromatic carbocycles. The summed E-state index contributed by atoms with van der Waals surface area (Å²) in [5.74, 6) is 0. The van der Waals surface area contributed by atoms with Crippen LogP contribution >= 0.6 is 63.7 Å². The topological polar surface area (TPSA) is 0 Å². The molecule has 0 radical (unpaired) electrons. The third-order valence-corrected chi connectivity index (χ3v) is 1.68. The average molecular weight is 378 g/mol. The van der Waals surface area contributed by atoms with E-state index in [2.05, 4.69) is 63.7 Å². The molecule has 0 aliphatic rings. The quantitative estimate of drug-likeness (QED) is 0.608. The molecular weight excluding hydrogens is 375 g/mol. The molecular formula is C3H3Br4F. The van der Waals surface area contributed by atoms with Crippen molar-refractivity contribution in [2.75, 3.05) is 0 Å². The summed E-state index contributed by atoms with van der Waals surface area (Å²) < 4.78 is 11.6. The van der Waals surface area contributed by atoms with E-state index in [-0.39, 0.29) is 0 Å². The second-order valence-corrected chi connectivity index (χ2v) is 9.46. The van der Waals surface area contributed by atoms with E-state index in [0.717, 1.165) is 0 Å². The van der Waals surface area contributed by atoms with Gasteiger partial charge in [0.2, 0.25) is 0 Å². The van der Waals surface area contributed by atoms with Gasteiger partial charge in [-0.1, -0.05) is 63.7 Å². The first kappa shape index (κ1) is 9.85. The minimum atomic E-state index is -0.986. The van der Waals surface area contributed by atoms with Crippen LogP contribution in [-0.4, -0.2) is 7.22 Å². The lowest BCUT2D eigenvalue weighted by atomic mass is 10.6. The van der Waals surface area contributed by atoms with E-state index in [1.807, 2.05) is 0 Å². The van der Waals surface area contributed by atoms with Gasteiger partial charge in [-0.25, -0.2) is 4.39 Å². The van der Waals surface area contributed by atoms with E-state index in [9.17, 15) is 4.39 Å². The zero-order chi connectivity index (χ0) is 6.78. The standard InChI is InChI=1S/C3H3Br4F/c4-2(8)1-3(5,6)7/h2H,1H2. The summed E-state index contributed by atoms with van der Waals surface area (Å²) in [6.07, 6.45) is 0.326. The van der Waals surface area contributed by atoms with Gasteiger partial charge in [-0.15, -0.1) is 0 Å².